The van der Waals surface area contributed by atoms with Crippen molar-refractivity contribution in [1.82, 2.24) is 5.32 Å². The van der Waals surface area contributed by atoms with Gasteiger partial charge in [0.15, 0.2) is 0 Å². The number of nitrogens with zero attached hydrogens (tertiary/aromatic N) is 1. The summed E-state index contributed by atoms with van der Waals surface area (Å²) >= 11 is 0. The van der Waals surface area contributed by atoms with Crippen LogP contribution >= 0.6 is 0 Å². The molecule has 1 aromatic rings. The lowest BCUT2D eigenvalue weighted by Gasteiger charge is -2.11. The standard InChI is InChI=1S/C13H17FN2O/c1-2-8-16-12(10-15)7-9-17-13-5-3-11(14)4-6-13/h3-6,12,16H,2,7-9H2,1H3. The molecule has 1 unspecified atom stereocenters. The van der Waals surface area contributed by atoms with Gasteiger partial charge < -0.3 is 10.1 Å². The third-order valence-corrected chi connectivity index (χ3v) is 2.29. The van der Waals surface area contributed by atoms with Crippen LogP contribution in [0.25, 0.3) is 0 Å². The molecule has 1 aromatic carbocycles. The highest BCUT2D eigenvalue weighted by atomic mass is 19.1. The Bertz CT molecular complexity index is 359. The zero-order chi connectivity index (χ0) is 12.5. The number of rotatable bonds is 7. The molecule has 1 rings (SSSR count). The molecule has 0 radical (unpaired) electrons. The number of halogens is 1. The van der Waals surface area contributed by atoms with Gasteiger partial charge in [-0.15, -0.1) is 0 Å². The van der Waals surface area contributed by atoms with Crippen molar-refractivity contribution in [2.45, 2.75) is 25.8 Å². The molecule has 0 fully saturated rings. The smallest absolute Gasteiger partial charge is 0.123 e. The predicted molar refractivity (Wildman–Crippen MR) is 64.2 cm³/mol. The van der Waals surface area contributed by atoms with Crippen LogP contribution in [0.15, 0.2) is 24.3 Å². The van der Waals surface area contributed by atoms with E-state index in [9.17, 15) is 4.39 Å². The molecular weight excluding hydrogens is 219 g/mol. The van der Waals surface area contributed by atoms with Crippen LogP contribution in [0.2, 0.25) is 0 Å². The van der Waals surface area contributed by atoms with Crippen LogP contribution in [-0.4, -0.2) is 19.2 Å². The van der Waals surface area contributed by atoms with Crippen LogP contribution in [-0.2, 0) is 0 Å². The first-order valence-electron chi connectivity index (χ1n) is 5.77. The maximum atomic E-state index is 12.6. The fraction of sp³-hybridized carbons (Fsp3) is 0.462. The van der Waals surface area contributed by atoms with Crippen molar-refractivity contribution in [1.29, 1.82) is 5.26 Å². The molecule has 92 valence electrons. The third kappa shape index (κ3) is 5.32. The monoisotopic (exact) mass is 236 g/mol. The molecule has 0 aliphatic heterocycles. The number of hydrogen-bond acceptors (Lipinski definition) is 3. The average Bonchev–Trinajstić information content (AvgIpc) is 2.36. The van der Waals surface area contributed by atoms with Crippen molar-refractivity contribution in [3.63, 3.8) is 0 Å². The van der Waals surface area contributed by atoms with E-state index in [4.69, 9.17) is 10.00 Å². The lowest BCUT2D eigenvalue weighted by atomic mass is 10.2. The minimum atomic E-state index is -0.281. The van der Waals surface area contributed by atoms with Gasteiger partial charge in [-0.3, -0.25) is 0 Å². The number of nitrogens with one attached hydrogen (secondary N) is 1. The van der Waals surface area contributed by atoms with Gasteiger partial charge in [0.05, 0.1) is 18.7 Å². The Kier molecular flexibility index (Phi) is 6.05. The van der Waals surface area contributed by atoms with E-state index in [1.807, 2.05) is 0 Å². The van der Waals surface area contributed by atoms with Crippen molar-refractivity contribution in [2.75, 3.05) is 13.2 Å². The minimum Gasteiger partial charge on any atom is -0.493 e. The number of hydrogen-bond donors (Lipinski definition) is 1. The van der Waals surface area contributed by atoms with Crippen LogP contribution < -0.4 is 10.1 Å². The zero-order valence-corrected chi connectivity index (χ0v) is 9.95. The summed E-state index contributed by atoms with van der Waals surface area (Å²) in [6.45, 7) is 3.33. The van der Waals surface area contributed by atoms with Crippen LogP contribution in [0.3, 0.4) is 0 Å². The zero-order valence-electron chi connectivity index (χ0n) is 9.95. The molecule has 0 amide bonds. The second kappa shape index (κ2) is 7.64. The first kappa shape index (κ1) is 13.5. The molecule has 0 spiro atoms. The van der Waals surface area contributed by atoms with Crippen molar-refractivity contribution >= 4 is 0 Å². The molecule has 0 aliphatic carbocycles. The maximum Gasteiger partial charge on any atom is 0.123 e. The van der Waals surface area contributed by atoms with Gasteiger partial charge in [0.2, 0.25) is 0 Å². The summed E-state index contributed by atoms with van der Waals surface area (Å²) in [6, 6.07) is 7.86. The summed E-state index contributed by atoms with van der Waals surface area (Å²) in [5.74, 6) is 0.343. The highest BCUT2D eigenvalue weighted by molar-refractivity contribution is 5.21. The second-order valence-electron chi connectivity index (χ2n) is 3.73. The molecule has 0 saturated heterocycles. The molecule has 1 atom stereocenters. The highest BCUT2D eigenvalue weighted by Gasteiger charge is 2.05. The van der Waals surface area contributed by atoms with Gasteiger partial charge in [-0.1, -0.05) is 6.92 Å². The van der Waals surface area contributed by atoms with Gasteiger partial charge in [-0.2, -0.15) is 5.26 Å². The molecule has 1 N–H and O–H groups in total. The lowest BCUT2D eigenvalue weighted by Crippen LogP contribution is -2.29. The summed E-state index contributed by atoms with van der Waals surface area (Å²) in [5, 5.41) is 12.0. The summed E-state index contributed by atoms with van der Waals surface area (Å²) in [5.41, 5.74) is 0. The van der Waals surface area contributed by atoms with Gasteiger partial charge in [-0.05, 0) is 37.2 Å². The van der Waals surface area contributed by atoms with Crippen LogP contribution in [0.5, 0.6) is 5.75 Å². The van der Waals surface area contributed by atoms with Crippen LogP contribution in [0.4, 0.5) is 4.39 Å². The van der Waals surface area contributed by atoms with E-state index in [0.717, 1.165) is 13.0 Å². The highest BCUT2D eigenvalue weighted by Crippen LogP contribution is 2.11. The van der Waals surface area contributed by atoms with Crippen LogP contribution in [0, 0.1) is 17.1 Å². The molecule has 3 nitrogen and oxygen atoms in total. The Morgan fingerprint density at radius 1 is 1.41 bits per heavy atom. The summed E-state index contributed by atoms with van der Waals surface area (Å²) in [7, 11) is 0. The van der Waals surface area contributed by atoms with E-state index in [2.05, 4.69) is 18.3 Å². The topological polar surface area (TPSA) is 45.0 Å². The fourth-order valence-electron chi connectivity index (χ4n) is 1.36. The molecule has 0 bridgehead atoms. The predicted octanol–water partition coefficient (Wildman–Crippen LogP) is 2.49. The average molecular weight is 236 g/mol. The molecule has 4 heteroatoms. The maximum absolute atomic E-state index is 12.6. The Hall–Kier alpha value is -1.60. The number of ether oxygens (including phenoxy) is 1. The van der Waals surface area contributed by atoms with Gasteiger partial charge in [0.1, 0.15) is 11.6 Å². The Morgan fingerprint density at radius 2 is 2.12 bits per heavy atom. The molecule has 0 aromatic heterocycles. The summed E-state index contributed by atoms with van der Waals surface area (Å²) < 4.78 is 18.0. The Balaban J connectivity index is 2.26. The van der Waals surface area contributed by atoms with E-state index in [0.29, 0.717) is 18.8 Å². The van der Waals surface area contributed by atoms with Crippen molar-refractivity contribution in [3.05, 3.63) is 30.1 Å². The molecule has 0 saturated carbocycles. The van der Waals surface area contributed by atoms with Crippen molar-refractivity contribution < 1.29 is 9.13 Å². The van der Waals surface area contributed by atoms with Gasteiger partial charge in [0, 0.05) is 6.42 Å². The Labute approximate surface area is 101 Å². The Morgan fingerprint density at radius 3 is 2.71 bits per heavy atom. The minimum absolute atomic E-state index is 0.185. The van der Waals surface area contributed by atoms with Crippen LogP contribution in [0.1, 0.15) is 19.8 Å². The molecular formula is C13H17FN2O. The molecule has 0 heterocycles. The van der Waals surface area contributed by atoms with E-state index < -0.39 is 0 Å². The van der Waals surface area contributed by atoms with E-state index in [-0.39, 0.29) is 11.9 Å². The fourth-order valence-corrected chi connectivity index (χ4v) is 1.36. The van der Waals surface area contributed by atoms with Gasteiger partial charge >= 0.3 is 0 Å². The quantitative estimate of drug-likeness (QED) is 0.791. The SMILES string of the molecule is CCCNC(C#N)CCOc1ccc(F)cc1. The number of benzene rings is 1. The summed E-state index contributed by atoms with van der Waals surface area (Å²) in [4.78, 5) is 0. The van der Waals surface area contributed by atoms with Crippen molar-refractivity contribution in [3.8, 4) is 11.8 Å². The van der Waals surface area contributed by atoms with Crippen molar-refractivity contribution in [2.24, 2.45) is 0 Å². The molecule has 0 aliphatic rings. The second-order valence-corrected chi connectivity index (χ2v) is 3.73. The number of nitriles is 1. The van der Waals surface area contributed by atoms with E-state index >= 15 is 0 Å². The molecule has 17 heavy (non-hydrogen) atoms. The third-order valence-electron chi connectivity index (χ3n) is 2.29. The summed E-state index contributed by atoms with van der Waals surface area (Å²) in [6.07, 6.45) is 1.62. The van der Waals surface area contributed by atoms with Gasteiger partial charge in [0.25, 0.3) is 0 Å². The lowest BCUT2D eigenvalue weighted by molar-refractivity contribution is 0.297. The normalized spacial score (nSPS) is 11.8. The first-order chi connectivity index (χ1) is 8.26. The first-order valence-corrected chi connectivity index (χ1v) is 5.77. The van der Waals surface area contributed by atoms with Gasteiger partial charge in [-0.25, -0.2) is 4.39 Å². The van der Waals surface area contributed by atoms with E-state index in [1.54, 1.807) is 12.1 Å². The van der Waals surface area contributed by atoms with E-state index in [1.165, 1.54) is 12.1 Å². The largest absolute Gasteiger partial charge is 0.493 e.